The highest BCUT2D eigenvalue weighted by Crippen LogP contribution is 2.16. The lowest BCUT2D eigenvalue weighted by molar-refractivity contribution is 0.601. The molecule has 0 bridgehead atoms. The molecule has 0 aliphatic rings. The Bertz CT molecular complexity index is 616. The van der Waals surface area contributed by atoms with Gasteiger partial charge >= 0.3 is 0 Å². The summed E-state index contributed by atoms with van der Waals surface area (Å²) in [6.07, 6.45) is 4.31. The minimum Gasteiger partial charge on any atom is -0.278 e. The van der Waals surface area contributed by atoms with Crippen molar-refractivity contribution in [1.82, 2.24) is 9.97 Å². The van der Waals surface area contributed by atoms with E-state index in [1.807, 2.05) is 0 Å². The molecule has 7 heteroatoms. The molecule has 0 aromatic carbocycles. The molecule has 0 radical (unpaired) electrons. The molecule has 2 aromatic rings. The van der Waals surface area contributed by atoms with Gasteiger partial charge in [0.2, 0.25) is 0 Å². The lowest BCUT2D eigenvalue weighted by atomic mass is 10.4. The second kappa shape index (κ2) is 4.68. The molecule has 0 unspecified atom stereocenters. The first-order chi connectivity index (χ1) is 8.08. The summed E-state index contributed by atoms with van der Waals surface area (Å²) in [5.74, 6) is 0. The van der Waals surface area contributed by atoms with Crippen molar-refractivity contribution in [3.63, 3.8) is 0 Å². The molecule has 88 valence electrons. The summed E-state index contributed by atoms with van der Waals surface area (Å²) >= 11 is 5.64. The van der Waals surface area contributed by atoms with E-state index in [2.05, 4.69) is 14.7 Å². The monoisotopic (exact) mass is 269 g/mol. The third kappa shape index (κ3) is 2.92. The van der Waals surface area contributed by atoms with Crippen molar-refractivity contribution in [2.45, 2.75) is 4.90 Å². The fourth-order valence-corrected chi connectivity index (χ4v) is 2.48. The molecule has 0 saturated carbocycles. The normalized spacial score (nSPS) is 11.1. The maximum absolute atomic E-state index is 11.9. The van der Waals surface area contributed by atoms with Crippen LogP contribution in [-0.4, -0.2) is 18.4 Å². The maximum atomic E-state index is 11.9. The van der Waals surface area contributed by atoms with Gasteiger partial charge < -0.3 is 0 Å². The Morgan fingerprint density at radius 1 is 1.24 bits per heavy atom. The van der Waals surface area contributed by atoms with E-state index >= 15 is 0 Å². The van der Waals surface area contributed by atoms with Gasteiger partial charge in [0, 0.05) is 12.4 Å². The predicted octanol–water partition coefficient (Wildman–Crippen LogP) is 1.93. The molecule has 0 aliphatic carbocycles. The SMILES string of the molecule is O=S(=O)(Nc1cccnc1)c1ccnc(Cl)c1. The van der Waals surface area contributed by atoms with Crippen LogP contribution in [0.5, 0.6) is 0 Å². The first-order valence-electron chi connectivity index (χ1n) is 4.62. The molecule has 2 aromatic heterocycles. The van der Waals surface area contributed by atoms with E-state index in [-0.39, 0.29) is 10.0 Å². The number of pyridine rings is 2. The van der Waals surface area contributed by atoms with Crippen molar-refractivity contribution in [3.8, 4) is 0 Å². The van der Waals surface area contributed by atoms with Crippen molar-refractivity contribution in [2.75, 3.05) is 4.72 Å². The number of halogens is 1. The molecule has 2 rings (SSSR count). The van der Waals surface area contributed by atoms with Gasteiger partial charge in [0.25, 0.3) is 10.0 Å². The summed E-state index contributed by atoms with van der Waals surface area (Å²) in [6.45, 7) is 0. The van der Waals surface area contributed by atoms with Gasteiger partial charge in [0.15, 0.2) is 0 Å². The Morgan fingerprint density at radius 2 is 2.06 bits per heavy atom. The van der Waals surface area contributed by atoms with Gasteiger partial charge in [0.05, 0.1) is 16.8 Å². The van der Waals surface area contributed by atoms with E-state index in [1.54, 1.807) is 18.3 Å². The summed E-state index contributed by atoms with van der Waals surface area (Å²) in [4.78, 5) is 7.59. The summed E-state index contributed by atoms with van der Waals surface area (Å²) in [5.41, 5.74) is 0.389. The van der Waals surface area contributed by atoms with Gasteiger partial charge in [0.1, 0.15) is 5.15 Å². The molecule has 0 spiro atoms. The molecule has 0 saturated heterocycles. The standard InChI is InChI=1S/C10H8ClN3O2S/c11-10-6-9(3-5-13-10)17(15,16)14-8-2-1-4-12-7-8/h1-7,14H. The third-order valence-corrected chi connectivity index (χ3v) is 3.51. The van der Waals surface area contributed by atoms with Gasteiger partial charge in [-0.25, -0.2) is 13.4 Å². The van der Waals surface area contributed by atoms with Crippen LogP contribution in [0.15, 0.2) is 47.8 Å². The molecule has 2 heterocycles. The molecular formula is C10H8ClN3O2S. The number of hydrogen-bond acceptors (Lipinski definition) is 4. The molecule has 17 heavy (non-hydrogen) atoms. The van der Waals surface area contributed by atoms with Gasteiger partial charge in [-0.15, -0.1) is 0 Å². The van der Waals surface area contributed by atoms with Crippen molar-refractivity contribution >= 4 is 27.3 Å². The second-order valence-electron chi connectivity index (χ2n) is 3.16. The van der Waals surface area contributed by atoms with E-state index in [9.17, 15) is 8.42 Å². The highest BCUT2D eigenvalue weighted by atomic mass is 35.5. The van der Waals surface area contributed by atoms with Crippen molar-refractivity contribution in [1.29, 1.82) is 0 Å². The molecule has 5 nitrogen and oxygen atoms in total. The molecular weight excluding hydrogens is 262 g/mol. The minimum absolute atomic E-state index is 0.0568. The molecule has 0 amide bonds. The first kappa shape index (κ1) is 11.8. The quantitative estimate of drug-likeness (QED) is 0.864. The predicted molar refractivity (Wildman–Crippen MR) is 64.3 cm³/mol. The van der Waals surface area contributed by atoms with Gasteiger partial charge in [-0.05, 0) is 24.3 Å². The van der Waals surface area contributed by atoms with Crippen LogP contribution in [0, 0.1) is 0 Å². The number of anilines is 1. The lowest BCUT2D eigenvalue weighted by Crippen LogP contribution is -2.13. The van der Waals surface area contributed by atoms with E-state index in [0.717, 1.165) is 0 Å². The fourth-order valence-electron chi connectivity index (χ4n) is 1.19. The van der Waals surface area contributed by atoms with Crippen LogP contribution in [0.3, 0.4) is 0 Å². The molecule has 1 N–H and O–H groups in total. The highest BCUT2D eigenvalue weighted by molar-refractivity contribution is 7.92. The highest BCUT2D eigenvalue weighted by Gasteiger charge is 2.14. The Labute approximate surface area is 104 Å². The number of hydrogen-bond donors (Lipinski definition) is 1. The Kier molecular flexibility index (Phi) is 3.26. The lowest BCUT2D eigenvalue weighted by Gasteiger charge is -2.07. The van der Waals surface area contributed by atoms with Crippen molar-refractivity contribution in [2.24, 2.45) is 0 Å². The summed E-state index contributed by atoms with van der Waals surface area (Å²) < 4.78 is 26.2. The molecule has 0 atom stereocenters. The topological polar surface area (TPSA) is 72.0 Å². The Hall–Kier alpha value is -1.66. The van der Waals surface area contributed by atoms with Crippen LogP contribution in [0.2, 0.25) is 5.15 Å². The fraction of sp³-hybridized carbons (Fsp3) is 0. The largest absolute Gasteiger partial charge is 0.278 e. The van der Waals surface area contributed by atoms with Crippen LogP contribution < -0.4 is 4.72 Å². The zero-order chi connectivity index (χ0) is 12.3. The first-order valence-corrected chi connectivity index (χ1v) is 6.48. The summed E-state index contributed by atoms with van der Waals surface area (Å²) in [6, 6.07) is 5.88. The number of nitrogens with one attached hydrogen (secondary N) is 1. The molecule has 0 fully saturated rings. The number of aromatic nitrogens is 2. The average Bonchev–Trinajstić information content (AvgIpc) is 2.30. The van der Waals surface area contributed by atoms with Crippen LogP contribution in [0.25, 0.3) is 0 Å². The summed E-state index contributed by atoms with van der Waals surface area (Å²) in [5, 5.41) is 0.124. The Morgan fingerprint density at radius 3 is 2.71 bits per heavy atom. The van der Waals surface area contributed by atoms with E-state index in [1.165, 1.54) is 24.5 Å². The van der Waals surface area contributed by atoms with Crippen LogP contribution in [-0.2, 0) is 10.0 Å². The maximum Gasteiger partial charge on any atom is 0.262 e. The van der Waals surface area contributed by atoms with Crippen LogP contribution in [0.1, 0.15) is 0 Å². The number of rotatable bonds is 3. The number of nitrogens with zero attached hydrogens (tertiary/aromatic N) is 2. The smallest absolute Gasteiger partial charge is 0.262 e. The zero-order valence-electron chi connectivity index (χ0n) is 8.54. The van der Waals surface area contributed by atoms with Crippen LogP contribution in [0.4, 0.5) is 5.69 Å². The Balaban J connectivity index is 2.32. The third-order valence-electron chi connectivity index (χ3n) is 1.92. The van der Waals surface area contributed by atoms with Crippen molar-refractivity contribution in [3.05, 3.63) is 48.0 Å². The van der Waals surface area contributed by atoms with Gasteiger partial charge in [-0.1, -0.05) is 11.6 Å². The summed E-state index contributed by atoms with van der Waals surface area (Å²) in [7, 11) is -3.65. The van der Waals surface area contributed by atoms with Crippen molar-refractivity contribution < 1.29 is 8.42 Å². The zero-order valence-corrected chi connectivity index (χ0v) is 10.1. The second-order valence-corrected chi connectivity index (χ2v) is 5.23. The van der Waals surface area contributed by atoms with Crippen LogP contribution >= 0.6 is 11.6 Å². The van der Waals surface area contributed by atoms with E-state index in [0.29, 0.717) is 5.69 Å². The average molecular weight is 270 g/mol. The van der Waals surface area contributed by atoms with Gasteiger partial charge in [-0.3, -0.25) is 9.71 Å². The molecule has 0 aliphatic heterocycles. The van der Waals surface area contributed by atoms with Gasteiger partial charge in [-0.2, -0.15) is 0 Å². The minimum atomic E-state index is -3.65. The van der Waals surface area contributed by atoms with E-state index < -0.39 is 10.0 Å². The number of sulfonamides is 1. The van der Waals surface area contributed by atoms with E-state index in [4.69, 9.17) is 11.6 Å².